The molecule has 67 heavy (non-hydrogen) atoms. The van der Waals surface area contributed by atoms with E-state index in [9.17, 15) is 14.4 Å². The van der Waals surface area contributed by atoms with E-state index in [1.54, 1.807) is 0 Å². The smallest absolute Gasteiger partial charge is 0.306 e. The lowest BCUT2D eigenvalue weighted by atomic mass is 10.1. The summed E-state index contributed by atoms with van der Waals surface area (Å²) in [5.41, 5.74) is 0. The third-order valence-electron chi connectivity index (χ3n) is 11.6. The molecular weight excluding hydrogens is 829 g/mol. The number of esters is 3. The van der Waals surface area contributed by atoms with Crippen molar-refractivity contribution >= 4 is 17.9 Å². The van der Waals surface area contributed by atoms with Crippen LogP contribution in [0, 0.1) is 0 Å². The predicted octanol–water partition coefficient (Wildman–Crippen LogP) is 18.5. The second kappa shape index (κ2) is 54.9. The molecule has 0 aromatic carbocycles. The summed E-state index contributed by atoms with van der Waals surface area (Å²) in [5.74, 6) is -0.929. The predicted molar refractivity (Wildman–Crippen MR) is 288 cm³/mol. The fraction of sp³-hybridized carbons (Fsp3) is 0.689. The largest absolute Gasteiger partial charge is 0.462 e. The average molecular weight is 931 g/mol. The zero-order valence-electron chi connectivity index (χ0n) is 43.6. The summed E-state index contributed by atoms with van der Waals surface area (Å²) in [7, 11) is 0. The number of unbranched alkanes of at least 4 members (excludes halogenated alkanes) is 22. The summed E-state index contributed by atoms with van der Waals surface area (Å²) in [4.78, 5) is 37.9. The number of carbonyl (C=O) groups is 3. The molecule has 6 heteroatoms. The highest BCUT2D eigenvalue weighted by atomic mass is 16.6. The topological polar surface area (TPSA) is 78.9 Å². The normalized spacial score (nSPS) is 12.8. The van der Waals surface area contributed by atoms with E-state index in [4.69, 9.17) is 14.2 Å². The fourth-order valence-electron chi connectivity index (χ4n) is 7.42. The van der Waals surface area contributed by atoms with E-state index in [-0.39, 0.29) is 31.1 Å². The van der Waals surface area contributed by atoms with Crippen molar-refractivity contribution < 1.29 is 28.6 Å². The molecule has 0 saturated carbocycles. The van der Waals surface area contributed by atoms with Gasteiger partial charge in [-0.25, -0.2) is 0 Å². The Balaban J connectivity index is 4.31. The van der Waals surface area contributed by atoms with Gasteiger partial charge in [-0.3, -0.25) is 14.4 Å². The quantitative estimate of drug-likeness (QED) is 0.0262. The summed E-state index contributed by atoms with van der Waals surface area (Å²) in [6, 6.07) is 0. The molecule has 0 N–H and O–H groups in total. The number of hydrogen-bond acceptors (Lipinski definition) is 6. The van der Waals surface area contributed by atoms with Crippen LogP contribution >= 0.6 is 0 Å². The molecule has 0 aromatic rings. The Morgan fingerprint density at radius 1 is 0.313 bits per heavy atom. The summed E-state index contributed by atoms with van der Waals surface area (Å²) < 4.78 is 16.7. The summed E-state index contributed by atoms with van der Waals surface area (Å²) >= 11 is 0. The lowest BCUT2D eigenvalue weighted by Crippen LogP contribution is -2.30. The first kappa shape index (κ1) is 63.3. The second-order valence-electron chi connectivity index (χ2n) is 18.1. The molecule has 382 valence electrons. The molecule has 0 aliphatic heterocycles. The Bertz CT molecular complexity index is 1350. The van der Waals surface area contributed by atoms with Crippen molar-refractivity contribution in [1.29, 1.82) is 0 Å². The van der Waals surface area contributed by atoms with Gasteiger partial charge < -0.3 is 14.2 Å². The van der Waals surface area contributed by atoms with Crippen LogP contribution in [-0.2, 0) is 28.6 Å². The van der Waals surface area contributed by atoms with E-state index >= 15 is 0 Å². The Morgan fingerprint density at radius 2 is 0.582 bits per heavy atom. The molecule has 0 radical (unpaired) electrons. The monoisotopic (exact) mass is 931 g/mol. The molecule has 0 bridgehead atoms. The van der Waals surface area contributed by atoms with Crippen molar-refractivity contribution in [1.82, 2.24) is 0 Å². The molecule has 0 spiro atoms. The van der Waals surface area contributed by atoms with Gasteiger partial charge in [-0.1, -0.05) is 227 Å². The van der Waals surface area contributed by atoms with Crippen LogP contribution in [0.25, 0.3) is 0 Å². The minimum Gasteiger partial charge on any atom is -0.462 e. The number of hydrogen-bond donors (Lipinski definition) is 0. The number of carbonyl (C=O) groups excluding carboxylic acids is 3. The second-order valence-corrected chi connectivity index (χ2v) is 18.1. The highest BCUT2D eigenvalue weighted by molar-refractivity contribution is 5.71. The van der Waals surface area contributed by atoms with E-state index in [2.05, 4.69) is 118 Å². The molecule has 0 aliphatic rings. The minimum atomic E-state index is -0.791. The van der Waals surface area contributed by atoms with Crippen LogP contribution in [0.1, 0.15) is 252 Å². The SMILES string of the molecule is CC/C=C\C/C=C\C/C=C\C/C=C\C/C=C\CCCCCCCC(=O)OCC(COC(=O)CCCCCCCCC)OC(=O)CCCCCCCC/C=C\C/C=C\C/C=C\CCCCCCC. The van der Waals surface area contributed by atoms with Crippen LogP contribution in [0.5, 0.6) is 0 Å². The van der Waals surface area contributed by atoms with Gasteiger partial charge in [0.05, 0.1) is 0 Å². The molecule has 1 unspecified atom stereocenters. The summed E-state index contributed by atoms with van der Waals surface area (Å²) in [6.45, 7) is 6.44. The molecule has 0 amide bonds. The van der Waals surface area contributed by atoms with Gasteiger partial charge in [0.25, 0.3) is 0 Å². The van der Waals surface area contributed by atoms with Gasteiger partial charge in [-0.2, -0.15) is 0 Å². The first-order valence-corrected chi connectivity index (χ1v) is 27.7. The van der Waals surface area contributed by atoms with Crippen LogP contribution in [0.3, 0.4) is 0 Å². The van der Waals surface area contributed by atoms with E-state index in [0.717, 1.165) is 135 Å². The molecule has 0 saturated heterocycles. The molecule has 0 rings (SSSR count). The molecule has 0 heterocycles. The maximum absolute atomic E-state index is 12.8. The first-order valence-electron chi connectivity index (χ1n) is 27.7. The highest BCUT2D eigenvalue weighted by Gasteiger charge is 2.19. The van der Waals surface area contributed by atoms with Crippen molar-refractivity contribution in [2.45, 2.75) is 258 Å². The van der Waals surface area contributed by atoms with Gasteiger partial charge in [-0.15, -0.1) is 0 Å². The van der Waals surface area contributed by atoms with Crippen LogP contribution in [0.15, 0.2) is 97.2 Å². The van der Waals surface area contributed by atoms with Crippen molar-refractivity contribution in [3.05, 3.63) is 97.2 Å². The van der Waals surface area contributed by atoms with Gasteiger partial charge in [0.15, 0.2) is 6.10 Å². The van der Waals surface area contributed by atoms with Crippen molar-refractivity contribution in [2.24, 2.45) is 0 Å². The van der Waals surface area contributed by atoms with E-state index in [1.165, 1.54) is 77.0 Å². The number of ether oxygens (including phenoxy) is 3. The Kier molecular flexibility index (Phi) is 51.9. The van der Waals surface area contributed by atoms with Gasteiger partial charge in [0, 0.05) is 19.3 Å². The lowest BCUT2D eigenvalue weighted by Gasteiger charge is -2.18. The number of allylic oxidation sites excluding steroid dienone is 16. The van der Waals surface area contributed by atoms with Gasteiger partial charge in [0.2, 0.25) is 0 Å². The molecular formula is C61H102O6. The van der Waals surface area contributed by atoms with Gasteiger partial charge >= 0.3 is 17.9 Å². The molecule has 0 aliphatic carbocycles. The highest BCUT2D eigenvalue weighted by Crippen LogP contribution is 2.14. The maximum Gasteiger partial charge on any atom is 0.306 e. The van der Waals surface area contributed by atoms with Crippen LogP contribution in [0.4, 0.5) is 0 Å². The van der Waals surface area contributed by atoms with Crippen LogP contribution < -0.4 is 0 Å². The summed E-state index contributed by atoms with van der Waals surface area (Å²) in [5, 5.41) is 0. The van der Waals surface area contributed by atoms with Crippen LogP contribution in [0.2, 0.25) is 0 Å². The third-order valence-corrected chi connectivity index (χ3v) is 11.6. The Morgan fingerprint density at radius 3 is 0.910 bits per heavy atom. The van der Waals surface area contributed by atoms with Crippen molar-refractivity contribution in [2.75, 3.05) is 13.2 Å². The molecule has 0 fully saturated rings. The van der Waals surface area contributed by atoms with Crippen molar-refractivity contribution in [3.63, 3.8) is 0 Å². The Labute approximate surface area is 413 Å². The third kappa shape index (κ3) is 53.2. The van der Waals surface area contributed by atoms with Crippen LogP contribution in [-0.4, -0.2) is 37.2 Å². The van der Waals surface area contributed by atoms with E-state index in [0.29, 0.717) is 19.3 Å². The molecule has 0 aromatic heterocycles. The van der Waals surface area contributed by atoms with Gasteiger partial charge in [-0.05, 0) is 103 Å². The fourth-order valence-corrected chi connectivity index (χ4v) is 7.42. The lowest BCUT2D eigenvalue weighted by molar-refractivity contribution is -0.167. The van der Waals surface area contributed by atoms with Gasteiger partial charge in [0.1, 0.15) is 13.2 Å². The minimum absolute atomic E-state index is 0.0897. The average Bonchev–Trinajstić information content (AvgIpc) is 3.33. The molecule has 6 nitrogen and oxygen atoms in total. The maximum atomic E-state index is 12.8. The van der Waals surface area contributed by atoms with E-state index < -0.39 is 6.10 Å². The van der Waals surface area contributed by atoms with Crippen molar-refractivity contribution in [3.8, 4) is 0 Å². The van der Waals surface area contributed by atoms with E-state index in [1.807, 2.05) is 0 Å². The zero-order valence-corrected chi connectivity index (χ0v) is 43.6. The first-order chi connectivity index (χ1) is 33.0. The number of rotatable bonds is 49. The standard InChI is InChI=1S/C61H102O6/c1-4-7-10-13-16-18-20-22-24-26-28-30-32-34-36-38-40-42-45-48-51-54-60(63)66-57-58(56-65-59(62)53-50-47-44-15-12-9-6-3)67-61(64)55-52-49-46-43-41-39-37-35-33-31-29-27-25-23-21-19-17-14-11-8-5-2/h7,10,16,18,21-24,27-30,33-36,58H,4-6,8-9,11-15,17,19-20,25-26,31-32,37-57H2,1-3H3/b10-7-,18-16-,23-21-,24-22-,29-27-,30-28-,35-33-,36-34-. The summed E-state index contributed by atoms with van der Waals surface area (Å²) in [6.07, 6.45) is 72.7. The molecule has 1 atom stereocenters. The Hall–Kier alpha value is -3.67. The zero-order chi connectivity index (χ0) is 48.6.